The first-order valence-corrected chi connectivity index (χ1v) is 13.3. The van der Waals surface area contributed by atoms with Gasteiger partial charge in [-0.05, 0) is 69.7 Å². The number of rotatable bonds is 7. The molecule has 0 bridgehead atoms. The van der Waals surface area contributed by atoms with Crippen LogP contribution >= 0.6 is 0 Å². The Hall–Kier alpha value is -4.18. The molecule has 3 aromatic rings. The van der Waals surface area contributed by atoms with E-state index in [2.05, 4.69) is 27.6 Å². The molecule has 2 amide bonds. The summed E-state index contributed by atoms with van der Waals surface area (Å²) in [6.45, 7) is 3.94. The zero-order valence-corrected chi connectivity index (χ0v) is 22.8. The predicted molar refractivity (Wildman–Crippen MR) is 152 cm³/mol. The third kappa shape index (κ3) is 5.37. The van der Waals surface area contributed by atoms with Crippen LogP contribution in [0.1, 0.15) is 36.5 Å². The van der Waals surface area contributed by atoms with E-state index in [1.165, 1.54) is 0 Å². The van der Waals surface area contributed by atoms with Crippen LogP contribution in [0.15, 0.2) is 54.7 Å². The summed E-state index contributed by atoms with van der Waals surface area (Å²) in [6, 6.07) is 14.8. The number of fused-ring (bicyclic) bond motifs is 1. The molecule has 1 fully saturated rings. The van der Waals surface area contributed by atoms with Crippen molar-refractivity contribution in [3.8, 4) is 5.75 Å². The number of hydrogen-bond donors (Lipinski definition) is 2. The number of nitrogens with zero attached hydrogens (tertiary/aromatic N) is 5. The van der Waals surface area contributed by atoms with E-state index < -0.39 is 0 Å². The monoisotopic (exact) mass is 529 g/mol. The first kappa shape index (κ1) is 26.4. The average Bonchev–Trinajstić information content (AvgIpc) is 2.96. The number of amides is 2. The molecule has 2 aliphatic rings. The molecule has 0 spiro atoms. The van der Waals surface area contributed by atoms with Crippen molar-refractivity contribution in [2.75, 3.05) is 49.4 Å². The van der Waals surface area contributed by atoms with Crippen molar-refractivity contribution in [3.05, 3.63) is 60.3 Å². The number of aromatic nitrogens is 2. The van der Waals surface area contributed by atoms with Crippen molar-refractivity contribution in [1.29, 1.82) is 0 Å². The van der Waals surface area contributed by atoms with Gasteiger partial charge in [0.2, 0.25) is 11.9 Å². The number of hydrogen-bond acceptors (Lipinski definition) is 8. The van der Waals surface area contributed by atoms with Crippen molar-refractivity contribution >= 4 is 40.6 Å². The number of likely N-dealkylation sites (tertiary alicyclic amines) is 1. The summed E-state index contributed by atoms with van der Waals surface area (Å²) in [5.74, 6) is 1.38. The van der Waals surface area contributed by atoms with Crippen LogP contribution in [0.2, 0.25) is 0 Å². The van der Waals surface area contributed by atoms with Crippen LogP contribution in [0.25, 0.3) is 0 Å². The molecule has 39 heavy (non-hydrogen) atoms. The number of methoxy groups -OCH3 is 1. The van der Waals surface area contributed by atoms with Crippen LogP contribution in [0, 0.1) is 0 Å². The lowest BCUT2D eigenvalue weighted by molar-refractivity contribution is -0.119. The van der Waals surface area contributed by atoms with Crippen LogP contribution in [0.5, 0.6) is 5.75 Å². The lowest BCUT2D eigenvalue weighted by Crippen LogP contribution is -2.50. The highest BCUT2D eigenvalue weighted by Gasteiger charge is 2.38. The molecule has 10 heteroatoms. The van der Waals surface area contributed by atoms with Crippen LogP contribution in [-0.4, -0.2) is 73.1 Å². The van der Waals surface area contributed by atoms with E-state index in [0.29, 0.717) is 40.9 Å². The molecule has 2 aromatic carbocycles. The Balaban J connectivity index is 1.41. The van der Waals surface area contributed by atoms with E-state index in [1.54, 1.807) is 43.5 Å². The van der Waals surface area contributed by atoms with E-state index in [4.69, 9.17) is 9.72 Å². The van der Waals surface area contributed by atoms with Crippen molar-refractivity contribution in [2.45, 2.75) is 38.3 Å². The lowest BCUT2D eigenvalue weighted by Gasteiger charge is -2.40. The number of para-hydroxylation sites is 1. The first-order valence-electron chi connectivity index (χ1n) is 13.3. The van der Waals surface area contributed by atoms with Gasteiger partial charge in [-0.3, -0.25) is 9.59 Å². The van der Waals surface area contributed by atoms with Gasteiger partial charge < -0.3 is 30.1 Å². The van der Waals surface area contributed by atoms with E-state index >= 15 is 0 Å². The maximum atomic E-state index is 13.2. The number of piperidine rings is 1. The van der Waals surface area contributed by atoms with E-state index in [9.17, 15) is 9.59 Å². The molecule has 5 rings (SSSR count). The Kier molecular flexibility index (Phi) is 7.65. The van der Waals surface area contributed by atoms with Gasteiger partial charge >= 0.3 is 0 Å². The van der Waals surface area contributed by atoms with Crippen molar-refractivity contribution in [1.82, 2.24) is 20.2 Å². The highest BCUT2D eigenvalue weighted by Crippen LogP contribution is 2.40. The number of benzene rings is 2. The molecule has 3 heterocycles. The topological polar surface area (TPSA) is 103 Å². The highest BCUT2D eigenvalue weighted by molar-refractivity contribution is 6.06. The molecule has 0 saturated carbocycles. The molecule has 0 unspecified atom stereocenters. The smallest absolute Gasteiger partial charge is 0.251 e. The van der Waals surface area contributed by atoms with Gasteiger partial charge in [0.25, 0.3) is 5.91 Å². The van der Waals surface area contributed by atoms with E-state index in [-0.39, 0.29) is 23.9 Å². The third-order valence-electron chi connectivity index (χ3n) is 7.45. The van der Waals surface area contributed by atoms with E-state index in [1.807, 2.05) is 42.2 Å². The summed E-state index contributed by atoms with van der Waals surface area (Å²) in [5, 5.41) is 6.39. The van der Waals surface area contributed by atoms with Gasteiger partial charge in [-0.15, -0.1) is 0 Å². The number of carbonyl (C=O) groups is 2. The molecule has 204 valence electrons. The summed E-state index contributed by atoms with van der Waals surface area (Å²) in [5.41, 5.74) is 2.68. The molecule has 1 aromatic heterocycles. The Labute approximate surface area is 229 Å². The van der Waals surface area contributed by atoms with Gasteiger partial charge in [0, 0.05) is 24.3 Å². The van der Waals surface area contributed by atoms with Crippen LogP contribution in [-0.2, 0) is 4.79 Å². The fourth-order valence-electron chi connectivity index (χ4n) is 5.17. The Morgan fingerprint density at radius 2 is 1.85 bits per heavy atom. The molecule has 2 N–H and O–H groups in total. The van der Waals surface area contributed by atoms with Crippen molar-refractivity contribution in [3.63, 3.8) is 0 Å². The second-order valence-corrected chi connectivity index (χ2v) is 10.0. The Bertz CT molecular complexity index is 1340. The highest BCUT2D eigenvalue weighted by atomic mass is 16.5. The molecular formula is C29H35N7O3. The summed E-state index contributed by atoms with van der Waals surface area (Å²) in [6.07, 6.45) is 4.15. The zero-order chi connectivity index (χ0) is 27.5. The lowest BCUT2D eigenvalue weighted by atomic mass is 10.0. The largest absolute Gasteiger partial charge is 0.495 e. The molecule has 0 aliphatic carbocycles. The molecule has 2 aliphatic heterocycles. The third-order valence-corrected chi connectivity index (χ3v) is 7.45. The number of carbonyl (C=O) groups excluding carboxylic acids is 2. The first-order chi connectivity index (χ1) is 18.9. The zero-order valence-electron chi connectivity index (χ0n) is 22.8. The maximum Gasteiger partial charge on any atom is 0.251 e. The van der Waals surface area contributed by atoms with Gasteiger partial charge in [0.1, 0.15) is 17.5 Å². The van der Waals surface area contributed by atoms with Crippen LogP contribution < -0.4 is 25.2 Å². The minimum atomic E-state index is -0.385. The summed E-state index contributed by atoms with van der Waals surface area (Å²) >= 11 is 0. The standard InChI is InChI=1S/C29H35N7O3/c1-5-23-28(38)35(3)24-18-30-29(33-26(24)36(23)21-9-7-6-8-10-21)32-22-12-11-19(17-25(22)39-4)27(37)31-20-13-15-34(2)16-14-20/h6-12,17-18,20,23H,5,13-16H2,1-4H3,(H,31,37)(H,30,32,33)/t23-/m1/s1. The van der Waals surface area contributed by atoms with Crippen molar-refractivity contribution in [2.24, 2.45) is 0 Å². The van der Waals surface area contributed by atoms with Gasteiger partial charge in [0.15, 0.2) is 5.82 Å². The second-order valence-electron chi connectivity index (χ2n) is 10.0. The quantitative estimate of drug-likeness (QED) is 0.475. The summed E-state index contributed by atoms with van der Waals surface area (Å²) in [7, 11) is 5.41. The minimum absolute atomic E-state index is 0.00561. The van der Waals surface area contributed by atoms with Crippen LogP contribution in [0.4, 0.5) is 28.8 Å². The van der Waals surface area contributed by atoms with Crippen molar-refractivity contribution < 1.29 is 14.3 Å². The van der Waals surface area contributed by atoms with Gasteiger partial charge in [-0.25, -0.2) is 4.98 Å². The molecule has 0 radical (unpaired) electrons. The second kappa shape index (κ2) is 11.3. The fourth-order valence-corrected chi connectivity index (χ4v) is 5.17. The number of nitrogens with one attached hydrogen (secondary N) is 2. The minimum Gasteiger partial charge on any atom is -0.495 e. The molecular weight excluding hydrogens is 494 g/mol. The molecule has 1 atom stereocenters. The fraction of sp³-hybridized carbons (Fsp3) is 0.379. The van der Waals surface area contributed by atoms with Gasteiger partial charge in [-0.1, -0.05) is 25.1 Å². The van der Waals surface area contributed by atoms with Gasteiger partial charge in [-0.2, -0.15) is 4.98 Å². The number of anilines is 5. The number of ether oxygens (including phenoxy) is 1. The van der Waals surface area contributed by atoms with E-state index in [0.717, 1.165) is 31.6 Å². The maximum absolute atomic E-state index is 13.2. The molecule has 1 saturated heterocycles. The average molecular weight is 530 g/mol. The van der Waals surface area contributed by atoms with Crippen LogP contribution in [0.3, 0.4) is 0 Å². The summed E-state index contributed by atoms with van der Waals surface area (Å²) in [4.78, 5) is 41.2. The SMILES string of the molecule is CC[C@@H]1C(=O)N(C)c2cnc(Nc3ccc(C(=O)NC4CCN(C)CC4)cc3OC)nc2N1c1ccccc1. The molecule has 10 nitrogen and oxygen atoms in total. The summed E-state index contributed by atoms with van der Waals surface area (Å²) < 4.78 is 5.61. The Morgan fingerprint density at radius 3 is 2.54 bits per heavy atom. The normalized spacial score (nSPS) is 18.1. The number of likely N-dealkylation sites (N-methyl/N-ethyl adjacent to an activating group) is 1. The Morgan fingerprint density at radius 1 is 1.10 bits per heavy atom. The predicted octanol–water partition coefficient (Wildman–Crippen LogP) is 3.95. The van der Waals surface area contributed by atoms with Gasteiger partial charge in [0.05, 0.1) is 19.0 Å².